The van der Waals surface area contributed by atoms with Gasteiger partial charge in [-0.25, -0.2) is 10.4 Å². The topological polar surface area (TPSA) is 62.3 Å². The molecule has 3 rings (SSSR count). The highest BCUT2D eigenvalue weighted by Crippen LogP contribution is 2.21. The van der Waals surface area contributed by atoms with Crippen LogP contribution >= 0.6 is 11.6 Å². The number of nitrogens with one attached hydrogen (secondary N) is 2. The molecule has 0 unspecified atom stereocenters. The molecule has 0 aliphatic heterocycles. The smallest absolute Gasteiger partial charge is 0.222 e. The molecule has 3 aromatic rings. The number of anilines is 1. The summed E-state index contributed by atoms with van der Waals surface area (Å²) < 4.78 is 5.54. The Morgan fingerprint density at radius 2 is 2.18 bits per heavy atom. The van der Waals surface area contributed by atoms with Gasteiger partial charge in [-0.2, -0.15) is 5.10 Å². The van der Waals surface area contributed by atoms with Crippen molar-refractivity contribution in [2.75, 3.05) is 12.0 Å². The van der Waals surface area contributed by atoms with Crippen molar-refractivity contribution in [1.29, 1.82) is 0 Å². The van der Waals surface area contributed by atoms with Crippen LogP contribution in [0.3, 0.4) is 0 Å². The molecule has 5 nitrogen and oxygen atoms in total. The number of hydrogen-bond acceptors (Lipinski definition) is 4. The molecular formula is C16H15ClN4O. The molecule has 0 spiro atoms. The van der Waals surface area contributed by atoms with Crippen LogP contribution in [0, 0.1) is 0 Å². The maximum Gasteiger partial charge on any atom is 0.222 e. The van der Waals surface area contributed by atoms with Gasteiger partial charge >= 0.3 is 0 Å². The number of imidazole rings is 1. The van der Waals surface area contributed by atoms with E-state index in [4.69, 9.17) is 16.3 Å². The highest BCUT2D eigenvalue weighted by Gasteiger charge is 2.03. The van der Waals surface area contributed by atoms with E-state index in [1.165, 1.54) is 0 Å². The van der Waals surface area contributed by atoms with E-state index in [2.05, 4.69) is 20.5 Å². The Hall–Kier alpha value is -2.53. The summed E-state index contributed by atoms with van der Waals surface area (Å²) in [5, 5.41) is 4.82. The number of aromatic nitrogens is 2. The van der Waals surface area contributed by atoms with Crippen molar-refractivity contribution in [3.05, 3.63) is 53.1 Å². The van der Waals surface area contributed by atoms with Crippen LogP contribution in [0.5, 0.6) is 5.75 Å². The lowest BCUT2D eigenvalue weighted by atomic mass is 10.2. The average molecular weight is 315 g/mol. The summed E-state index contributed by atoms with van der Waals surface area (Å²) in [5.74, 6) is 1.32. The Morgan fingerprint density at radius 1 is 1.32 bits per heavy atom. The van der Waals surface area contributed by atoms with Crippen LogP contribution in [0.15, 0.2) is 47.6 Å². The number of para-hydroxylation sites is 2. The lowest BCUT2D eigenvalue weighted by molar-refractivity contribution is 0.340. The predicted octanol–water partition coefficient (Wildman–Crippen LogP) is 4.06. The minimum absolute atomic E-state index is 0.581. The third-order valence-electron chi connectivity index (χ3n) is 3.04. The molecule has 0 amide bonds. The van der Waals surface area contributed by atoms with Gasteiger partial charge in [0, 0.05) is 10.6 Å². The monoisotopic (exact) mass is 314 g/mol. The predicted molar refractivity (Wildman–Crippen MR) is 89.9 cm³/mol. The standard InChI is InChI=1S/C16H15ClN4O/c1-2-22-15-8-7-12(17)9-11(15)10-18-21-16-19-13-5-3-4-6-14(13)20-16/h3-10H,2H2,1H3,(H2,19,20,21)/b18-10+. The molecule has 6 heteroatoms. The maximum atomic E-state index is 6.01. The zero-order valence-electron chi connectivity index (χ0n) is 12.0. The van der Waals surface area contributed by atoms with E-state index in [9.17, 15) is 0 Å². The van der Waals surface area contributed by atoms with E-state index in [0.717, 1.165) is 22.3 Å². The summed E-state index contributed by atoms with van der Waals surface area (Å²) >= 11 is 6.01. The Balaban J connectivity index is 1.78. The van der Waals surface area contributed by atoms with Crippen molar-refractivity contribution in [3.8, 4) is 5.75 Å². The Morgan fingerprint density at radius 3 is 3.00 bits per heavy atom. The number of hydrogen-bond donors (Lipinski definition) is 2. The van der Waals surface area contributed by atoms with Crippen LogP contribution in [0.1, 0.15) is 12.5 Å². The Labute approximate surface area is 133 Å². The first-order chi connectivity index (χ1) is 10.8. The van der Waals surface area contributed by atoms with Gasteiger partial charge in [-0.3, -0.25) is 0 Å². The number of rotatable bonds is 5. The molecule has 1 heterocycles. The number of fused-ring (bicyclic) bond motifs is 1. The van der Waals surface area contributed by atoms with Gasteiger partial charge in [0.2, 0.25) is 5.95 Å². The first-order valence-electron chi connectivity index (χ1n) is 6.92. The third kappa shape index (κ3) is 3.20. The van der Waals surface area contributed by atoms with Crippen LogP contribution in [0.4, 0.5) is 5.95 Å². The lowest BCUT2D eigenvalue weighted by Crippen LogP contribution is -1.98. The fraction of sp³-hybridized carbons (Fsp3) is 0.125. The van der Waals surface area contributed by atoms with Gasteiger partial charge in [-0.15, -0.1) is 0 Å². The molecule has 1 aromatic heterocycles. The Bertz CT molecular complexity index is 780. The van der Waals surface area contributed by atoms with Crippen molar-refractivity contribution in [2.24, 2.45) is 5.10 Å². The summed E-state index contributed by atoms with van der Waals surface area (Å²) in [7, 11) is 0. The van der Waals surface area contributed by atoms with E-state index in [1.807, 2.05) is 37.3 Å². The van der Waals surface area contributed by atoms with Crippen LogP contribution in [0.2, 0.25) is 5.02 Å². The molecule has 0 aliphatic rings. The molecule has 0 bridgehead atoms. The van der Waals surface area contributed by atoms with Crippen molar-refractivity contribution in [1.82, 2.24) is 9.97 Å². The molecule has 22 heavy (non-hydrogen) atoms. The van der Waals surface area contributed by atoms with E-state index in [0.29, 0.717) is 17.6 Å². The van der Waals surface area contributed by atoms with E-state index >= 15 is 0 Å². The van der Waals surface area contributed by atoms with Crippen molar-refractivity contribution < 1.29 is 4.74 Å². The molecule has 112 valence electrons. The highest BCUT2D eigenvalue weighted by molar-refractivity contribution is 6.30. The number of benzene rings is 2. The zero-order valence-corrected chi connectivity index (χ0v) is 12.8. The fourth-order valence-corrected chi connectivity index (χ4v) is 2.26. The largest absolute Gasteiger partial charge is 0.493 e. The summed E-state index contributed by atoms with van der Waals surface area (Å²) in [4.78, 5) is 7.52. The SMILES string of the molecule is CCOc1ccc(Cl)cc1/C=N/Nc1nc2ccccc2[nH]1. The molecule has 2 aromatic carbocycles. The fourth-order valence-electron chi connectivity index (χ4n) is 2.08. The number of H-pyrrole nitrogens is 1. The number of ether oxygens (including phenoxy) is 1. The average Bonchev–Trinajstić information content (AvgIpc) is 2.92. The highest BCUT2D eigenvalue weighted by atomic mass is 35.5. The molecule has 0 aliphatic carbocycles. The Kier molecular flexibility index (Phi) is 4.25. The van der Waals surface area contributed by atoms with E-state index in [1.54, 1.807) is 18.3 Å². The van der Waals surface area contributed by atoms with Gasteiger partial charge < -0.3 is 9.72 Å². The van der Waals surface area contributed by atoms with Crippen molar-refractivity contribution in [3.63, 3.8) is 0 Å². The van der Waals surface area contributed by atoms with Crippen LogP contribution in [-0.2, 0) is 0 Å². The summed E-state index contributed by atoms with van der Waals surface area (Å²) in [6.45, 7) is 2.52. The third-order valence-corrected chi connectivity index (χ3v) is 3.27. The summed E-state index contributed by atoms with van der Waals surface area (Å²) in [5.41, 5.74) is 5.52. The normalized spacial score (nSPS) is 11.2. The van der Waals surface area contributed by atoms with Crippen LogP contribution in [-0.4, -0.2) is 22.8 Å². The number of halogens is 1. The molecule has 0 saturated heterocycles. The quantitative estimate of drug-likeness (QED) is 0.551. The van der Waals surface area contributed by atoms with E-state index < -0.39 is 0 Å². The number of hydrazone groups is 1. The number of aromatic amines is 1. The van der Waals surface area contributed by atoms with Gasteiger partial charge in [0.15, 0.2) is 0 Å². The number of nitrogens with zero attached hydrogens (tertiary/aromatic N) is 2. The minimum Gasteiger partial charge on any atom is -0.493 e. The van der Waals surface area contributed by atoms with Gasteiger partial charge in [0.1, 0.15) is 5.75 Å². The summed E-state index contributed by atoms with van der Waals surface area (Å²) in [6.07, 6.45) is 1.66. The molecular weight excluding hydrogens is 300 g/mol. The van der Waals surface area contributed by atoms with Crippen molar-refractivity contribution >= 4 is 34.8 Å². The molecule has 0 radical (unpaired) electrons. The first kappa shape index (κ1) is 14.4. The molecule has 0 fully saturated rings. The maximum absolute atomic E-state index is 6.01. The summed E-state index contributed by atoms with van der Waals surface area (Å²) in [6, 6.07) is 13.2. The molecule has 2 N–H and O–H groups in total. The van der Waals surface area contributed by atoms with Gasteiger partial charge in [-0.05, 0) is 37.3 Å². The van der Waals surface area contributed by atoms with Gasteiger partial charge in [-0.1, -0.05) is 23.7 Å². The van der Waals surface area contributed by atoms with Gasteiger partial charge in [0.25, 0.3) is 0 Å². The first-order valence-corrected chi connectivity index (χ1v) is 7.30. The van der Waals surface area contributed by atoms with Crippen LogP contribution < -0.4 is 10.2 Å². The zero-order chi connectivity index (χ0) is 15.4. The second kappa shape index (κ2) is 6.49. The van der Waals surface area contributed by atoms with Crippen LogP contribution in [0.25, 0.3) is 11.0 Å². The second-order valence-electron chi connectivity index (χ2n) is 4.59. The van der Waals surface area contributed by atoms with Gasteiger partial charge in [0.05, 0.1) is 23.9 Å². The minimum atomic E-state index is 0.581. The molecule has 0 atom stereocenters. The van der Waals surface area contributed by atoms with Crippen molar-refractivity contribution in [2.45, 2.75) is 6.92 Å². The molecule has 0 saturated carbocycles. The second-order valence-corrected chi connectivity index (χ2v) is 5.02. The van der Waals surface area contributed by atoms with E-state index in [-0.39, 0.29) is 0 Å². The lowest BCUT2D eigenvalue weighted by Gasteiger charge is -2.06.